The Bertz CT molecular complexity index is 1000. The molecule has 1 aliphatic heterocycles. The van der Waals surface area contributed by atoms with E-state index in [0.717, 1.165) is 9.78 Å². The van der Waals surface area contributed by atoms with Gasteiger partial charge in [0, 0.05) is 30.8 Å². The molecule has 174 valence electrons. The molecule has 10 heteroatoms. The monoisotopic (exact) mass is 465 g/mol. The molecule has 3 heterocycles. The van der Waals surface area contributed by atoms with E-state index in [-0.39, 0.29) is 36.4 Å². The predicted octanol–water partition coefficient (Wildman–Crippen LogP) is 4.26. The van der Waals surface area contributed by atoms with Crippen molar-refractivity contribution in [3.8, 4) is 0 Å². The molecule has 2 aromatic rings. The number of hydrogen-bond donors (Lipinski definition) is 2. The van der Waals surface area contributed by atoms with Crippen molar-refractivity contribution >= 4 is 35.0 Å². The largest absolute Gasteiger partial charge is 0.354 e. The zero-order chi connectivity index (χ0) is 23.7. The third kappa shape index (κ3) is 5.79. The van der Waals surface area contributed by atoms with Crippen LogP contribution in [-0.4, -0.2) is 51.1 Å². The number of nitrogens with zero attached hydrogens (tertiary/aromatic N) is 3. The second kappa shape index (κ2) is 9.09. The van der Waals surface area contributed by atoms with Gasteiger partial charge in [-0.1, -0.05) is 26.8 Å². The molecule has 2 aromatic heterocycles. The van der Waals surface area contributed by atoms with E-state index in [2.05, 4.69) is 40.8 Å². The van der Waals surface area contributed by atoms with E-state index in [1.54, 1.807) is 19.1 Å². The number of aromatic nitrogens is 2. The standard InChI is InChI=1S/C22H29F2N5O2S/c1-13-6-7-17(26-18-10-16(32-28-18)21(3,4)5)27-19(13)20(31)29-12-22(23,24)9-8-15(29)11-25-14(2)30/h6-7,10,15H,8-9,11-12H2,1-5H3,(H,25,30)(H,26,27,28)/t15-/m1/s1. The number of halogens is 2. The average Bonchev–Trinajstić information content (AvgIpc) is 3.16. The highest BCUT2D eigenvalue weighted by atomic mass is 32.1. The molecule has 2 amide bonds. The van der Waals surface area contributed by atoms with Gasteiger partial charge < -0.3 is 15.5 Å². The van der Waals surface area contributed by atoms with Crippen LogP contribution in [0.5, 0.6) is 0 Å². The van der Waals surface area contributed by atoms with Gasteiger partial charge in [-0.05, 0) is 48.0 Å². The van der Waals surface area contributed by atoms with Crippen LogP contribution in [0.2, 0.25) is 0 Å². The van der Waals surface area contributed by atoms with E-state index in [4.69, 9.17) is 0 Å². The van der Waals surface area contributed by atoms with Gasteiger partial charge >= 0.3 is 0 Å². The number of aryl methyl sites for hydroxylation is 1. The number of piperidine rings is 1. The van der Waals surface area contributed by atoms with Gasteiger partial charge in [-0.15, -0.1) is 0 Å². The molecule has 0 aliphatic carbocycles. The summed E-state index contributed by atoms with van der Waals surface area (Å²) in [5, 5.41) is 5.74. The van der Waals surface area contributed by atoms with Crippen LogP contribution in [0.25, 0.3) is 0 Å². The molecule has 3 rings (SSSR count). The number of carbonyl (C=O) groups is 2. The van der Waals surface area contributed by atoms with Gasteiger partial charge in [-0.2, -0.15) is 4.37 Å². The summed E-state index contributed by atoms with van der Waals surface area (Å²) in [6.07, 6.45) is -0.223. The SMILES string of the molecule is CC(=O)NC[C@H]1CCC(F)(F)CN1C(=O)c1nc(Nc2cc(C(C)(C)C)sn2)ccc1C. The smallest absolute Gasteiger partial charge is 0.273 e. The Hall–Kier alpha value is -2.62. The maximum absolute atomic E-state index is 14.1. The van der Waals surface area contributed by atoms with Crippen molar-refractivity contribution < 1.29 is 18.4 Å². The molecule has 2 N–H and O–H groups in total. The van der Waals surface area contributed by atoms with Crippen LogP contribution in [0, 0.1) is 6.92 Å². The van der Waals surface area contributed by atoms with Crippen molar-refractivity contribution in [3.05, 3.63) is 34.3 Å². The van der Waals surface area contributed by atoms with Gasteiger partial charge in [-0.25, -0.2) is 13.8 Å². The van der Waals surface area contributed by atoms with Crippen molar-refractivity contribution in [2.75, 3.05) is 18.4 Å². The van der Waals surface area contributed by atoms with Crippen molar-refractivity contribution in [2.24, 2.45) is 0 Å². The number of likely N-dealkylation sites (tertiary alicyclic amines) is 1. The molecule has 1 atom stereocenters. The summed E-state index contributed by atoms with van der Waals surface area (Å²) in [5.41, 5.74) is 0.648. The highest BCUT2D eigenvalue weighted by molar-refractivity contribution is 7.06. The van der Waals surface area contributed by atoms with E-state index in [0.29, 0.717) is 17.2 Å². The number of pyridine rings is 1. The van der Waals surface area contributed by atoms with Crippen LogP contribution in [0.3, 0.4) is 0 Å². The minimum atomic E-state index is -2.98. The van der Waals surface area contributed by atoms with Gasteiger partial charge in [0.25, 0.3) is 11.8 Å². The van der Waals surface area contributed by atoms with Gasteiger partial charge in [0.15, 0.2) is 0 Å². The summed E-state index contributed by atoms with van der Waals surface area (Å²) in [7, 11) is 0. The fourth-order valence-electron chi connectivity index (χ4n) is 3.47. The molecule has 1 fully saturated rings. The third-order valence-electron chi connectivity index (χ3n) is 5.34. The summed E-state index contributed by atoms with van der Waals surface area (Å²) in [5.74, 6) is -2.80. The summed E-state index contributed by atoms with van der Waals surface area (Å²) >= 11 is 1.39. The summed E-state index contributed by atoms with van der Waals surface area (Å²) < 4.78 is 32.7. The molecule has 0 saturated carbocycles. The average molecular weight is 466 g/mol. The first-order valence-corrected chi connectivity index (χ1v) is 11.3. The number of carbonyl (C=O) groups excluding carboxylic acids is 2. The quantitative estimate of drug-likeness (QED) is 0.689. The molecule has 32 heavy (non-hydrogen) atoms. The summed E-state index contributed by atoms with van der Waals surface area (Å²) in [6.45, 7) is 8.78. The lowest BCUT2D eigenvalue weighted by atomic mass is 9.95. The Kier molecular flexibility index (Phi) is 6.83. The molecule has 0 aromatic carbocycles. The molecule has 7 nitrogen and oxygen atoms in total. The van der Waals surface area contributed by atoms with E-state index in [9.17, 15) is 18.4 Å². The molecule has 0 spiro atoms. The minimum Gasteiger partial charge on any atom is -0.354 e. The van der Waals surface area contributed by atoms with Gasteiger partial charge in [0.05, 0.1) is 6.54 Å². The molecular formula is C22H29F2N5O2S. The van der Waals surface area contributed by atoms with Gasteiger partial charge in [0.2, 0.25) is 5.91 Å². The molecule has 0 unspecified atom stereocenters. The summed E-state index contributed by atoms with van der Waals surface area (Å²) in [6, 6.07) is 4.87. The van der Waals surface area contributed by atoms with Crippen LogP contribution in [0.1, 0.15) is 61.5 Å². The highest BCUT2D eigenvalue weighted by Gasteiger charge is 2.42. The zero-order valence-corrected chi connectivity index (χ0v) is 19.8. The normalized spacial score (nSPS) is 18.3. The molecule has 0 bridgehead atoms. The number of rotatable bonds is 5. The van der Waals surface area contributed by atoms with Crippen molar-refractivity contribution in [3.63, 3.8) is 0 Å². The van der Waals surface area contributed by atoms with Crippen molar-refractivity contribution in [1.82, 2.24) is 19.6 Å². The van der Waals surface area contributed by atoms with Crippen LogP contribution in [-0.2, 0) is 10.2 Å². The Morgan fingerprint density at radius 3 is 2.62 bits per heavy atom. The molecule has 0 radical (unpaired) electrons. The minimum absolute atomic E-state index is 0.0398. The number of nitrogens with one attached hydrogen (secondary N) is 2. The Morgan fingerprint density at radius 1 is 1.28 bits per heavy atom. The fourth-order valence-corrected chi connectivity index (χ4v) is 4.21. The van der Waals surface area contributed by atoms with E-state index < -0.39 is 24.4 Å². The Morgan fingerprint density at radius 2 is 2.00 bits per heavy atom. The lowest BCUT2D eigenvalue weighted by Crippen LogP contribution is -2.55. The van der Waals surface area contributed by atoms with Crippen molar-refractivity contribution in [2.45, 2.75) is 64.8 Å². The van der Waals surface area contributed by atoms with Crippen LogP contribution in [0.15, 0.2) is 18.2 Å². The number of amides is 2. The number of hydrogen-bond acceptors (Lipinski definition) is 6. The first kappa shape index (κ1) is 24.0. The Balaban J connectivity index is 1.84. The van der Waals surface area contributed by atoms with Gasteiger partial charge in [0.1, 0.15) is 17.3 Å². The van der Waals surface area contributed by atoms with E-state index in [1.807, 2.05) is 6.07 Å². The first-order chi connectivity index (χ1) is 14.9. The number of alkyl halides is 2. The van der Waals surface area contributed by atoms with Gasteiger partial charge in [-0.3, -0.25) is 9.59 Å². The maximum atomic E-state index is 14.1. The Labute approximate surface area is 190 Å². The first-order valence-electron chi connectivity index (χ1n) is 10.5. The summed E-state index contributed by atoms with van der Waals surface area (Å²) in [4.78, 5) is 31.2. The molecular weight excluding hydrogens is 436 g/mol. The number of anilines is 2. The highest BCUT2D eigenvalue weighted by Crippen LogP contribution is 2.32. The molecule has 1 saturated heterocycles. The maximum Gasteiger partial charge on any atom is 0.273 e. The molecule has 1 aliphatic rings. The topological polar surface area (TPSA) is 87.2 Å². The zero-order valence-electron chi connectivity index (χ0n) is 19.0. The predicted molar refractivity (Wildman–Crippen MR) is 121 cm³/mol. The van der Waals surface area contributed by atoms with Crippen LogP contribution in [0.4, 0.5) is 20.4 Å². The second-order valence-corrected chi connectivity index (χ2v) is 10.0. The van der Waals surface area contributed by atoms with E-state index in [1.165, 1.54) is 18.5 Å². The van der Waals surface area contributed by atoms with Crippen molar-refractivity contribution in [1.29, 1.82) is 0 Å². The fraction of sp³-hybridized carbons (Fsp3) is 0.545. The lowest BCUT2D eigenvalue weighted by Gasteiger charge is -2.39. The van der Waals surface area contributed by atoms with E-state index >= 15 is 0 Å². The van der Waals surface area contributed by atoms with Crippen LogP contribution >= 0.6 is 11.5 Å². The lowest BCUT2D eigenvalue weighted by molar-refractivity contribution is -0.119. The van der Waals surface area contributed by atoms with Crippen LogP contribution < -0.4 is 10.6 Å². The second-order valence-electron chi connectivity index (χ2n) is 9.23. The third-order valence-corrected chi connectivity index (χ3v) is 6.55.